The number of para-hydroxylation sites is 1. The van der Waals surface area contributed by atoms with Gasteiger partial charge in [0, 0.05) is 22.4 Å². The molecule has 0 N–H and O–H groups in total. The fraction of sp³-hybridized carbons (Fsp3) is 0.333. The quantitative estimate of drug-likeness (QED) is 0.487. The van der Waals surface area contributed by atoms with Crippen LogP contribution in [-0.4, -0.2) is 14.8 Å². The van der Waals surface area contributed by atoms with Gasteiger partial charge in [0.2, 0.25) is 0 Å². The number of hydrogen-bond acceptors (Lipinski definition) is 3. The SMILES string of the molecule is Clc1ccccc1CSc1nnc(C2CCCCC2)n1-c1ccccc1. The van der Waals surface area contributed by atoms with Crippen LogP contribution in [0.2, 0.25) is 5.02 Å². The van der Waals surface area contributed by atoms with Gasteiger partial charge in [-0.25, -0.2) is 0 Å². The van der Waals surface area contributed by atoms with Crippen molar-refractivity contribution in [2.75, 3.05) is 0 Å². The van der Waals surface area contributed by atoms with Gasteiger partial charge in [-0.05, 0) is 36.6 Å². The van der Waals surface area contributed by atoms with E-state index in [-0.39, 0.29) is 0 Å². The standard InChI is InChI=1S/C21H22ClN3S/c22-19-14-8-7-11-17(19)15-26-21-24-23-20(16-9-3-1-4-10-16)25(21)18-12-5-2-6-13-18/h2,5-8,11-14,16H,1,3-4,9-10,15H2. The van der Waals surface area contributed by atoms with Gasteiger partial charge in [-0.2, -0.15) is 0 Å². The molecule has 1 aromatic heterocycles. The lowest BCUT2D eigenvalue weighted by atomic mass is 9.88. The molecule has 1 heterocycles. The highest BCUT2D eigenvalue weighted by Crippen LogP contribution is 2.35. The zero-order chi connectivity index (χ0) is 17.8. The van der Waals surface area contributed by atoms with Crippen molar-refractivity contribution in [1.29, 1.82) is 0 Å². The molecule has 0 unspecified atom stereocenters. The third-order valence-corrected chi connectivity index (χ3v) is 6.30. The summed E-state index contributed by atoms with van der Waals surface area (Å²) in [7, 11) is 0. The average Bonchev–Trinajstić information content (AvgIpc) is 3.13. The Morgan fingerprint density at radius 3 is 2.42 bits per heavy atom. The number of rotatable bonds is 5. The molecule has 1 saturated carbocycles. The minimum atomic E-state index is 0.506. The van der Waals surface area contributed by atoms with E-state index in [1.807, 2.05) is 24.3 Å². The highest BCUT2D eigenvalue weighted by molar-refractivity contribution is 7.98. The summed E-state index contributed by atoms with van der Waals surface area (Å²) in [6.45, 7) is 0. The van der Waals surface area contributed by atoms with Crippen molar-refractivity contribution in [1.82, 2.24) is 14.8 Å². The lowest BCUT2D eigenvalue weighted by Gasteiger charge is -2.22. The molecule has 0 saturated heterocycles. The van der Waals surface area contributed by atoms with Crippen LogP contribution in [0.15, 0.2) is 59.8 Å². The van der Waals surface area contributed by atoms with Gasteiger partial charge in [-0.3, -0.25) is 4.57 Å². The van der Waals surface area contributed by atoms with Gasteiger partial charge in [0.1, 0.15) is 5.82 Å². The molecule has 3 nitrogen and oxygen atoms in total. The molecular weight excluding hydrogens is 362 g/mol. The predicted octanol–water partition coefficient (Wildman–Crippen LogP) is 6.26. The van der Waals surface area contributed by atoms with Crippen LogP contribution < -0.4 is 0 Å². The lowest BCUT2D eigenvalue weighted by Crippen LogP contribution is -2.11. The number of aromatic nitrogens is 3. The minimum Gasteiger partial charge on any atom is -0.274 e. The summed E-state index contributed by atoms with van der Waals surface area (Å²) in [5, 5.41) is 10.9. The summed E-state index contributed by atoms with van der Waals surface area (Å²) < 4.78 is 2.25. The molecule has 0 bridgehead atoms. The van der Waals surface area contributed by atoms with E-state index in [1.54, 1.807) is 11.8 Å². The number of benzene rings is 2. The zero-order valence-electron chi connectivity index (χ0n) is 14.6. The minimum absolute atomic E-state index is 0.506. The number of hydrogen-bond donors (Lipinski definition) is 0. The van der Waals surface area contributed by atoms with Crippen LogP contribution in [-0.2, 0) is 5.75 Å². The molecule has 134 valence electrons. The molecule has 5 heteroatoms. The van der Waals surface area contributed by atoms with Crippen LogP contribution in [0.25, 0.3) is 5.69 Å². The molecule has 0 aliphatic heterocycles. The van der Waals surface area contributed by atoms with Crippen molar-refractivity contribution in [3.05, 3.63) is 71.0 Å². The summed E-state index contributed by atoms with van der Waals surface area (Å²) in [5.41, 5.74) is 2.26. The third kappa shape index (κ3) is 3.81. The van der Waals surface area contributed by atoms with E-state index in [1.165, 1.54) is 32.1 Å². The number of nitrogens with zero attached hydrogens (tertiary/aromatic N) is 3. The zero-order valence-corrected chi connectivity index (χ0v) is 16.2. The second kappa shape index (κ2) is 8.28. The normalized spacial score (nSPS) is 15.3. The van der Waals surface area contributed by atoms with Gasteiger partial charge in [-0.1, -0.05) is 79.0 Å². The monoisotopic (exact) mass is 383 g/mol. The van der Waals surface area contributed by atoms with E-state index in [4.69, 9.17) is 11.6 Å². The van der Waals surface area contributed by atoms with E-state index in [9.17, 15) is 0 Å². The van der Waals surface area contributed by atoms with Crippen LogP contribution in [0.5, 0.6) is 0 Å². The van der Waals surface area contributed by atoms with Crippen LogP contribution in [0.1, 0.15) is 49.4 Å². The molecule has 1 fully saturated rings. The molecule has 4 rings (SSSR count). The maximum Gasteiger partial charge on any atom is 0.196 e. The van der Waals surface area contributed by atoms with Crippen molar-refractivity contribution < 1.29 is 0 Å². The molecular formula is C21H22ClN3S. The van der Waals surface area contributed by atoms with Crippen LogP contribution in [0, 0.1) is 0 Å². The Bertz CT molecular complexity index is 857. The number of halogens is 1. The molecule has 1 aliphatic rings. The molecule has 3 aromatic rings. The summed E-state index contributed by atoms with van der Waals surface area (Å²) in [4.78, 5) is 0. The van der Waals surface area contributed by atoms with E-state index in [0.29, 0.717) is 5.92 Å². The maximum absolute atomic E-state index is 6.32. The molecule has 0 atom stereocenters. The van der Waals surface area contributed by atoms with Gasteiger partial charge in [0.05, 0.1) is 0 Å². The molecule has 0 radical (unpaired) electrons. The number of thioether (sulfide) groups is 1. The molecule has 2 aromatic carbocycles. The second-order valence-corrected chi connectivity index (χ2v) is 8.08. The Morgan fingerprint density at radius 2 is 1.65 bits per heavy atom. The van der Waals surface area contributed by atoms with Gasteiger partial charge in [-0.15, -0.1) is 10.2 Å². The van der Waals surface area contributed by atoms with Crippen molar-refractivity contribution in [2.45, 2.75) is 48.9 Å². The van der Waals surface area contributed by atoms with Gasteiger partial charge in [0.25, 0.3) is 0 Å². The van der Waals surface area contributed by atoms with Gasteiger partial charge < -0.3 is 0 Å². The fourth-order valence-corrected chi connectivity index (χ4v) is 4.82. The van der Waals surface area contributed by atoms with E-state index >= 15 is 0 Å². The first-order valence-corrected chi connectivity index (χ1v) is 10.6. The third-order valence-electron chi connectivity index (χ3n) is 4.96. The second-order valence-electron chi connectivity index (χ2n) is 6.73. The van der Waals surface area contributed by atoms with Crippen LogP contribution >= 0.6 is 23.4 Å². The molecule has 0 amide bonds. The Hall–Kier alpha value is -1.78. The summed E-state index contributed by atoms with van der Waals surface area (Å²) >= 11 is 8.02. The van der Waals surface area contributed by atoms with Crippen molar-refractivity contribution in [2.24, 2.45) is 0 Å². The van der Waals surface area contributed by atoms with Gasteiger partial charge in [0.15, 0.2) is 5.16 Å². The fourth-order valence-electron chi connectivity index (χ4n) is 3.58. The molecule has 0 spiro atoms. The van der Waals surface area contributed by atoms with Crippen molar-refractivity contribution in [3.63, 3.8) is 0 Å². The molecule has 26 heavy (non-hydrogen) atoms. The van der Waals surface area contributed by atoms with Crippen molar-refractivity contribution >= 4 is 23.4 Å². The largest absolute Gasteiger partial charge is 0.274 e. The highest BCUT2D eigenvalue weighted by atomic mass is 35.5. The Labute approximate surface area is 163 Å². The highest BCUT2D eigenvalue weighted by Gasteiger charge is 2.24. The average molecular weight is 384 g/mol. The van der Waals surface area contributed by atoms with Crippen LogP contribution in [0.4, 0.5) is 0 Å². The topological polar surface area (TPSA) is 30.7 Å². The van der Waals surface area contributed by atoms with Crippen LogP contribution in [0.3, 0.4) is 0 Å². The Kier molecular flexibility index (Phi) is 5.61. The maximum atomic E-state index is 6.32. The van der Waals surface area contributed by atoms with E-state index < -0.39 is 0 Å². The van der Waals surface area contributed by atoms with E-state index in [2.05, 4.69) is 45.1 Å². The predicted molar refractivity (Wildman–Crippen MR) is 108 cm³/mol. The smallest absolute Gasteiger partial charge is 0.196 e. The first-order valence-electron chi connectivity index (χ1n) is 9.20. The van der Waals surface area contributed by atoms with Gasteiger partial charge >= 0.3 is 0 Å². The first kappa shape index (κ1) is 17.6. The lowest BCUT2D eigenvalue weighted by molar-refractivity contribution is 0.423. The summed E-state index contributed by atoms with van der Waals surface area (Å²) in [6.07, 6.45) is 6.33. The Balaban J connectivity index is 1.66. The van der Waals surface area contributed by atoms with Crippen molar-refractivity contribution in [3.8, 4) is 5.69 Å². The summed E-state index contributed by atoms with van der Waals surface area (Å²) in [6, 6.07) is 18.5. The first-order chi connectivity index (χ1) is 12.8. The summed E-state index contributed by atoms with van der Waals surface area (Å²) in [5.74, 6) is 2.40. The Morgan fingerprint density at radius 1 is 0.923 bits per heavy atom. The molecule has 1 aliphatic carbocycles. The van der Waals surface area contributed by atoms with E-state index in [0.717, 1.165) is 33.0 Å².